The van der Waals surface area contributed by atoms with Crippen LogP contribution in [0.2, 0.25) is 0 Å². The van der Waals surface area contributed by atoms with Crippen molar-refractivity contribution in [2.24, 2.45) is 5.73 Å². The summed E-state index contributed by atoms with van der Waals surface area (Å²) in [5.74, 6) is -0.326. The molecule has 0 bridgehead atoms. The normalized spacial score (nSPS) is 10.6. The number of rotatable bonds is 3. The van der Waals surface area contributed by atoms with Gasteiger partial charge in [-0.15, -0.1) is 0 Å². The molecule has 0 aliphatic rings. The lowest BCUT2D eigenvalue weighted by Gasteiger charge is -2.09. The Hall–Kier alpha value is -1.94. The number of nitrogens with two attached hydrogens (primary N) is 1. The summed E-state index contributed by atoms with van der Waals surface area (Å²) in [7, 11) is 0. The highest BCUT2D eigenvalue weighted by Gasteiger charge is 2.08. The number of aryl methyl sites for hydroxylation is 1. The van der Waals surface area contributed by atoms with E-state index in [1.54, 1.807) is 43.5 Å². The monoisotopic (exact) mass is 246 g/mol. The van der Waals surface area contributed by atoms with E-state index in [0.717, 1.165) is 0 Å². The Morgan fingerprint density at radius 2 is 1.94 bits per heavy atom. The van der Waals surface area contributed by atoms with Crippen LogP contribution in [0.3, 0.4) is 0 Å². The molecule has 0 fully saturated rings. The van der Waals surface area contributed by atoms with Crippen molar-refractivity contribution in [2.75, 3.05) is 0 Å². The molecular formula is C14H15FN2O. The summed E-state index contributed by atoms with van der Waals surface area (Å²) >= 11 is 0. The Bertz CT molecular complexity index is 619. The minimum atomic E-state index is -0.326. The van der Waals surface area contributed by atoms with Gasteiger partial charge in [-0.2, -0.15) is 0 Å². The lowest BCUT2D eigenvalue weighted by atomic mass is 10.1. The van der Waals surface area contributed by atoms with Crippen LogP contribution < -0.4 is 11.3 Å². The Morgan fingerprint density at radius 1 is 1.22 bits per heavy atom. The SMILES string of the molecule is Cc1cccn(Cc2cccc(CN)c2F)c1=O. The van der Waals surface area contributed by atoms with Gasteiger partial charge < -0.3 is 10.3 Å². The summed E-state index contributed by atoms with van der Waals surface area (Å²) < 4.78 is 15.5. The van der Waals surface area contributed by atoms with Gasteiger partial charge in [-0.05, 0) is 13.0 Å². The fourth-order valence-corrected chi connectivity index (χ4v) is 1.88. The maximum absolute atomic E-state index is 14.0. The van der Waals surface area contributed by atoms with Crippen molar-refractivity contribution in [1.82, 2.24) is 4.57 Å². The third kappa shape index (κ3) is 2.33. The lowest BCUT2D eigenvalue weighted by molar-refractivity contribution is 0.581. The second kappa shape index (κ2) is 5.14. The molecule has 0 saturated heterocycles. The molecule has 1 aromatic heterocycles. The quantitative estimate of drug-likeness (QED) is 0.897. The average Bonchev–Trinajstić information content (AvgIpc) is 2.37. The largest absolute Gasteiger partial charge is 0.326 e. The van der Waals surface area contributed by atoms with E-state index < -0.39 is 0 Å². The molecule has 0 saturated carbocycles. The van der Waals surface area contributed by atoms with Crippen molar-refractivity contribution >= 4 is 0 Å². The molecule has 2 N–H and O–H groups in total. The van der Waals surface area contributed by atoms with Crippen LogP contribution in [0.15, 0.2) is 41.3 Å². The lowest BCUT2D eigenvalue weighted by Crippen LogP contribution is -2.22. The molecule has 0 atom stereocenters. The van der Waals surface area contributed by atoms with Gasteiger partial charge >= 0.3 is 0 Å². The fraction of sp³-hybridized carbons (Fsp3) is 0.214. The molecule has 0 spiro atoms. The van der Waals surface area contributed by atoms with E-state index in [-0.39, 0.29) is 24.5 Å². The van der Waals surface area contributed by atoms with Gasteiger partial charge in [0.2, 0.25) is 0 Å². The first-order valence-corrected chi connectivity index (χ1v) is 5.76. The van der Waals surface area contributed by atoms with Gasteiger partial charge in [-0.25, -0.2) is 4.39 Å². The van der Waals surface area contributed by atoms with E-state index >= 15 is 0 Å². The van der Waals surface area contributed by atoms with E-state index in [1.165, 1.54) is 4.57 Å². The zero-order valence-electron chi connectivity index (χ0n) is 10.2. The number of hydrogen-bond acceptors (Lipinski definition) is 2. The molecule has 4 heteroatoms. The molecule has 18 heavy (non-hydrogen) atoms. The van der Waals surface area contributed by atoms with Gasteiger partial charge in [0.05, 0.1) is 6.54 Å². The van der Waals surface area contributed by atoms with Gasteiger partial charge in [-0.1, -0.05) is 24.3 Å². The fourth-order valence-electron chi connectivity index (χ4n) is 1.88. The highest BCUT2D eigenvalue weighted by atomic mass is 19.1. The number of benzene rings is 1. The summed E-state index contributed by atoms with van der Waals surface area (Å²) in [5, 5.41) is 0. The summed E-state index contributed by atoms with van der Waals surface area (Å²) in [5.41, 5.74) is 6.95. The third-order valence-electron chi connectivity index (χ3n) is 2.93. The highest BCUT2D eigenvalue weighted by molar-refractivity contribution is 5.26. The van der Waals surface area contributed by atoms with Crippen LogP contribution in [0.1, 0.15) is 16.7 Å². The second-order valence-corrected chi connectivity index (χ2v) is 4.22. The van der Waals surface area contributed by atoms with Crippen molar-refractivity contribution in [3.8, 4) is 0 Å². The summed E-state index contributed by atoms with van der Waals surface area (Å²) in [4.78, 5) is 11.9. The van der Waals surface area contributed by atoms with Gasteiger partial charge in [-0.3, -0.25) is 4.79 Å². The number of halogens is 1. The predicted octanol–water partition coefficient (Wildman–Crippen LogP) is 1.80. The molecular weight excluding hydrogens is 231 g/mol. The molecule has 3 nitrogen and oxygen atoms in total. The van der Waals surface area contributed by atoms with Crippen molar-refractivity contribution in [2.45, 2.75) is 20.0 Å². The van der Waals surface area contributed by atoms with Crippen LogP contribution in [-0.2, 0) is 13.1 Å². The number of hydrogen-bond donors (Lipinski definition) is 1. The summed E-state index contributed by atoms with van der Waals surface area (Å²) in [6.07, 6.45) is 1.66. The molecule has 1 heterocycles. The predicted molar refractivity (Wildman–Crippen MR) is 68.8 cm³/mol. The molecule has 1 aromatic carbocycles. The van der Waals surface area contributed by atoms with Crippen molar-refractivity contribution in [1.29, 1.82) is 0 Å². The van der Waals surface area contributed by atoms with Gasteiger partial charge in [0.1, 0.15) is 5.82 Å². The zero-order valence-corrected chi connectivity index (χ0v) is 10.2. The molecule has 0 radical (unpaired) electrons. The number of aromatic nitrogens is 1. The van der Waals surface area contributed by atoms with Crippen molar-refractivity contribution < 1.29 is 4.39 Å². The van der Waals surface area contributed by atoms with Crippen LogP contribution in [0.25, 0.3) is 0 Å². The maximum Gasteiger partial charge on any atom is 0.253 e. The average molecular weight is 246 g/mol. The molecule has 2 rings (SSSR count). The van der Waals surface area contributed by atoms with Gasteiger partial charge in [0, 0.05) is 29.4 Å². The summed E-state index contributed by atoms with van der Waals surface area (Å²) in [6.45, 7) is 2.12. The first-order valence-electron chi connectivity index (χ1n) is 5.76. The molecule has 0 aliphatic heterocycles. The topological polar surface area (TPSA) is 48.0 Å². The summed E-state index contributed by atoms with van der Waals surface area (Å²) in [6, 6.07) is 8.59. The van der Waals surface area contributed by atoms with Crippen LogP contribution >= 0.6 is 0 Å². The molecule has 2 aromatic rings. The smallest absolute Gasteiger partial charge is 0.253 e. The minimum Gasteiger partial charge on any atom is -0.326 e. The van der Waals surface area contributed by atoms with Gasteiger partial charge in [0.15, 0.2) is 0 Å². The van der Waals surface area contributed by atoms with Crippen LogP contribution in [-0.4, -0.2) is 4.57 Å². The van der Waals surface area contributed by atoms with Crippen molar-refractivity contribution in [3.05, 3.63) is 69.4 Å². The molecule has 94 valence electrons. The van der Waals surface area contributed by atoms with E-state index in [2.05, 4.69) is 0 Å². The maximum atomic E-state index is 14.0. The Balaban J connectivity index is 2.40. The van der Waals surface area contributed by atoms with E-state index in [9.17, 15) is 9.18 Å². The van der Waals surface area contributed by atoms with Crippen LogP contribution in [0, 0.1) is 12.7 Å². The van der Waals surface area contributed by atoms with Crippen molar-refractivity contribution in [3.63, 3.8) is 0 Å². The number of nitrogens with zero attached hydrogens (tertiary/aromatic N) is 1. The second-order valence-electron chi connectivity index (χ2n) is 4.22. The third-order valence-corrected chi connectivity index (χ3v) is 2.93. The zero-order chi connectivity index (χ0) is 13.1. The molecule has 0 amide bonds. The van der Waals surface area contributed by atoms with E-state index in [4.69, 9.17) is 5.73 Å². The first kappa shape index (κ1) is 12.5. The number of pyridine rings is 1. The van der Waals surface area contributed by atoms with E-state index in [0.29, 0.717) is 16.7 Å². The van der Waals surface area contributed by atoms with Crippen LogP contribution in [0.4, 0.5) is 4.39 Å². The van der Waals surface area contributed by atoms with Crippen LogP contribution in [0.5, 0.6) is 0 Å². The molecule has 0 aliphatic carbocycles. The Morgan fingerprint density at radius 3 is 2.67 bits per heavy atom. The minimum absolute atomic E-state index is 0.102. The molecule has 0 unspecified atom stereocenters. The highest BCUT2D eigenvalue weighted by Crippen LogP contribution is 2.13. The first-order chi connectivity index (χ1) is 8.63. The van der Waals surface area contributed by atoms with Gasteiger partial charge in [0.25, 0.3) is 5.56 Å². The Labute approximate surface area is 105 Å². The van der Waals surface area contributed by atoms with E-state index in [1.807, 2.05) is 0 Å². The standard InChI is InChI=1S/C14H15FN2O/c1-10-4-3-7-17(14(10)18)9-12-6-2-5-11(8-16)13(12)15/h2-7H,8-9,16H2,1H3. The Kier molecular flexibility index (Phi) is 3.58.